The normalized spacial score (nSPS) is 19.2. The first-order chi connectivity index (χ1) is 35.8. The summed E-state index contributed by atoms with van der Waals surface area (Å²) in [6, 6.07) is 12.8. The van der Waals surface area contributed by atoms with E-state index in [-0.39, 0.29) is 43.3 Å². The van der Waals surface area contributed by atoms with Crippen LogP contribution in [0.15, 0.2) is 78.8 Å². The van der Waals surface area contributed by atoms with E-state index in [1.807, 2.05) is 68.1 Å². The molecule has 4 aromatic rings. The molecule has 5 heterocycles. The molecule has 0 unspecified atom stereocenters. The van der Waals surface area contributed by atoms with Crippen LogP contribution in [0.3, 0.4) is 0 Å². The van der Waals surface area contributed by atoms with E-state index in [1.54, 1.807) is 37.1 Å². The highest BCUT2D eigenvalue weighted by molar-refractivity contribution is 5.88. The Kier molecular flexibility index (Phi) is 19.0. The number of nitrogens with one attached hydrogen (secondary N) is 2. The third kappa shape index (κ3) is 16.0. The zero-order valence-corrected chi connectivity index (χ0v) is 44.2. The fourth-order valence-electron chi connectivity index (χ4n) is 9.97. The predicted molar refractivity (Wildman–Crippen MR) is 275 cm³/mol. The number of aromatic amines is 1. The summed E-state index contributed by atoms with van der Waals surface area (Å²) in [5, 5.41) is 18.3. The highest BCUT2D eigenvalue weighted by atomic mass is 19.4. The van der Waals surface area contributed by atoms with Crippen molar-refractivity contribution < 1.29 is 65.7 Å². The summed E-state index contributed by atoms with van der Waals surface area (Å²) in [5.41, 5.74) is 2.41. The molecule has 3 amide bonds. The van der Waals surface area contributed by atoms with Gasteiger partial charge in [0.2, 0.25) is 12.6 Å². The number of amides is 3. The number of ether oxygens (including phenoxy) is 4. The summed E-state index contributed by atoms with van der Waals surface area (Å²) >= 11 is 0. The molecule has 0 spiro atoms. The molecule has 0 saturated carbocycles. The van der Waals surface area contributed by atoms with Gasteiger partial charge in [-0.3, -0.25) is 19.0 Å². The van der Waals surface area contributed by atoms with E-state index >= 15 is 0 Å². The average molecular weight is 1070 g/mol. The van der Waals surface area contributed by atoms with E-state index in [9.17, 15) is 37.1 Å². The van der Waals surface area contributed by atoms with Crippen molar-refractivity contribution in [1.29, 1.82) is 0 Å². The first-order valence-electron chi connectivity index (χ1n) is 25.5. The quantitative estimate of drug-likeness (QED) is 0.0682. The monoisotopic (exact) mass is 1060 g/mol. The number of urea groups is 1. The Labute approximate surface area is 440 Å². The minimum atomic E-state index is -5.19. The number of quaternary nitrogens is 1. The minimum Gasteiger partial charge on any atom is -0.542 e. The second-order valence-corrected chi connectivity index (χ2v) is 21.3. The SMILES string of the molecule is C=CCC(C)(C)OC(=O)OCn1cc2cc(C[C@@H](NC(=O)N3CCC(c4cc5ccccc5[nH]c4=O)CC3)C(=O)N3CCN(C4CC[N+](C)(COC(=O)OC(C)(C)CC=C)CC4)CC3)cc(C)c2n1.O=C([O-])C(F)(F)F. The maximum Gasteiger partial charge on any atom is 0.513 e. The second kappa shape index (κ2) is 24.8. The average Bonchev–Trinajstić information content (AvgIpc) is 3.78. The van der Waals surface area contributed by atoms with Gasteiger partial charge in [0, 0.05) is 100 Å². The molecule has 3 aliphatic rings. The molecule has 7 rings (SSSR count). The number of hydrogen-bond acceptors (Lipinski definition) is 13. The zero-order valence-electron chi connectivity index (χ0n) is 44.2. The fraction of sp³-hybridized carbons (Fsp3) is 0.537. The summed E-state index contributed by atoms with van der Waals surface area (Å²) in [6.07, 6.45) is 2.86. The number of nitrogens with zero attached hydrogens (tertiary/aromatic N) is 6. The van der Waals surface area contributed by atoms with Crippen molar-refractivity contribution in [1.82, 2.24) is 34.8 Å². The molecule has 2 aromatic heterocycles. The van der Waals surface area contributed by atoms with Gasteiger partial charge in [-0.1, -0.05) is 36.4 Å². The van der Waals surface area contributed by atoms with Gasteiger partial charge in [-0.2, -0.15) is 18.3 Å². The number of halogens is 3. The number of alkyl halides is 3. The van der Waals surface area contributed by atoms with Gasteiger partial charge >= 0.3 is 24.5 Å². The van der Waals surface area contributed by atoms with Crippen LogP contribution in [0.25, 0.3) is 21.8 Å². The Bertz CT molecular complexity index is 2790. The number of rotatable bonds is 16. The molecule has 3 saturated heterocycles. The number of carboxylic acid groups (broad SMARTS) is 1. The standard InChI is InChI=1S/C52H70N8O9.C2HF3O2/c1-9-19-51(4,5)68-49(64)66-34-59-33-40-30-37(29-36(3)45(40)55-59)31-44(54-48(63)58-21-15-38(16-22-58)42-32-39-13-11-12-14-43(39)53-46(42)61)47(62)57-25-23-56(24-26-57)41-17-27-60(8,28-18-41)35-67-50(65)69-52(6,7)20-10-2;3-2(4,5)1(6)7/h9-14,29-30,32-33,38,41,44H,1-2,15-28,31,34-35H2,3-8H3,(H-,53,54,61,63);(H,6,7)/t41?,44-,60?;/m1./s1. The molecule has 1 atom stereocenters. The fourth-order valence-corrected chi connectivity index (χ4v) is 9.97. The molecule has 0 aliphatic carbocycles. The number of fused-ring (bicyclic) bond motifs is 2. The van der Waals surface area contributed by atoms with Crippen LogP contribution in [-0.4, -0.2) is 160 Å². The van der Waals surface area contributed by atoms with Crippen LogP contribution in [0.5, 0.6) is 0 Å². The van der Waals surface area contributed by atoms with Crippen LogP contribution in [0.4, 0.5) is 27.6 Å². The van der Waals surface area contributed by atoms with Gasteiger partial charge in [0.15, 0.2) is 6.73 Å². The minimum absolute atomic E-state index is 0.000880. The number of aliphatic carboxylic acids is 1. The lowest BCUT2D eigenvalue weighted by Crippen LogP contribution is -2.60. The molecule has 0 radical (unpaired) electrons. The number of likely N-dealkylation sites (tertiary alicyclic amines) is 2. The maximum atomic E-state index is 14.7. The number of carbonyl (C=O) groups excluding carboxylic acids is 5. The van der Waals surface area contributed by atoms with Gasteiger partial charge in [-0.15, -0.1) is 13.2 Å². The van der Waals surface area contributed by atoms with Gasteiger partial charge in [-0.25, -0.2) is 19.1 Å². The number of pyridine rings is 1. The number of carboxylic acids is 1. The van der Waals surface area contributed by atoms with Crippen molar-refractivity contribution in [2.75, 3.05) is 66.1 Å². The number of piperidine rings is 2. The van der Waals surface area contributed by atoms with Crippen LogP contribution in [0.2, 0.25) is 0 Å². The Morgan fingerprint density at radius 3 is 2.04 bits per heavy atom. The maximum absolute atomic E-state index is 14.7. The topological polar surface area (TPSA) is 218 Å². The smallest absolute Gasteiger partial charge is 0.513 e. The van der Waals surface area contributed by atoms with E-state index in [0.29, 0.717) is 75.5 Å². The van der Waals surface area contributed by atoms with Crippen molar-refractivity contribution in [2.45, 2.75) is 122 Å². The van der Waals surface area contributed by atoms with Gasteiger partial charge in [-0.05, 0) is 88.1 Å². The van der Waals surface area contributed by atoms with Crippen molar-refractivity contribution >= 4 is 52.0 Å². The van der Waals surface area contributed by atoms with E-state index in [1.165, 1.54) is 4.68 Å². The highest BCUT2D eigenvalue weighted by Crippen LogP contribution is 2.29. The molecule has 0 bridgehead atoms. The second-order valence-electron chi connectivity index (χ2n) is 21.3. The van der Waals surface area contributed by atoms with Gasteiger partial charge in [0.05, 0.1) is 25.7 Å². The van der Waals surface area contributed by atoms with Crippen molar-refractivity contribution in [3.05, 3.63) is 101 Å². The van der Waals surface area contributed by atoms with E-state index < -0.39 is 41.7 Å². The zero-order chi connectivity index (χ0) is 55.6. The molecular formula is C54H71F3N8O11. The molecule has 3 aliphatic heterocycles. The Balaban J connectivity index is 0.00000125. The first-order valence-corrected chi connectivity index (χ1v) is 25.5. The number of para-hydroxylation sites is 1. The summed E-state index contributed by atoms with van der Waals surface area (Å²) in [7, 11) is 2.10. The number of H-pyrrole nitrogens is 1. The number of benzene rings is 2. The van der Waals surface area contributed by atoms with Crippen LogP contribution in [0.1, 0.15) is 88.8 Å². The van der Waals surface area contributed by atoms with Crippen LogP contribution < -0.4 is 16.0 Å². The first kappa shape index (κ1) is 58.3. The molecule has 22 heteroatoms. The third-order valence-electron chi connectivity index (χ3n) is 14.1. The Hall–Kier alpha value is -6.94. The van der Waals surface area contributed by atoms with Crippen LogP contribution >= 0.6 is 0 Å². The molecule has 19 nitrogen and oxygen atoms in total. The lowest BCUT2D eigenvalue weighted by atomic mass is 9.89. The van der Waals surface area contributed by atoms with Crippen molar-refractivity contribution in [3.8, 4) is 0 Å². The summed E-state index contributed by atoms with van der Waals surface area (Å²) < 4.78 is 55.6. The molecule has 3 fully saturated rings. The summed E-state index contributed by atoms with van der Waals surface area (Å²) in [6.45, 7) is 21.7. The predicted octanol–water partition coefficient (Wildman–Crippen LogP) is 6.67. The number of piperazine rings is 1. The largest absolute Gasteiger partial charge is 0.542 e. The van der Waals surface area contributed by atoms with Crippen molar-refractivity contribution in [3.63, 3.8) is 0 Å². The molecule has 414 valence electrons. The number of aromatic nitrogens is 3. The van der Waals surface area contributed by atoms with Gasteiger partial charge in [0.25, 0.3) is 5.56 Å². The van der Waals surface area contributed by atoms with E-state index in [0.717, 1.165) is 64.4 Å². The number of aryl methyl sites for hydroxylation is 1. The van der Waals surface area contributed by atoms with Gasteiger partial charge in [0.1, 0.15) is 23.2 Å². The van der Waals surface area contributed by atoms with E-state index in [4.69, 9.17) is 28.8 Å². The molecule has 2 aromatic carbocycles. The van der Waals surface area contributed by atoms with Crippen LogP contribution in [-0.2, 0) is 41.7 Å². The third-order valence-corrected chi connectivity index (χ3v) is 14.1. The number of hydrogen-bond donors (Lipinski definition) is 2. The van der Waals surface area contributed by atoms with Crippen LogP contribution in [0, 0.1) is 6.92 Å². The molecular weight excluding hydrogens is 994 g/mol. The number of carbonyl (C=O) groups is 5. The summed E-state index contributed by atoms with van der Waals surface area (Å²) in [4.78, 5) is 84.7. The Morgan fingerprint density at radius 2 is 1.45 bits per heavy atom. The molecule has 2 N–H and O–H groups in total. The highest BCUT2D eigenvalue weighted by Gasteiger charge is 2.38. The lowest BCUT2D eigenvalue weighted by molar-refractivity contribution is -0.930. The summed E-state index contributed by atoms with van der Waals surface area (Å²) in [5.74, 6) is -3.15. The Morgan fingerprint density at radius 1 is 0.855 bits per heavy atom. The van der Waals surface area contributed by atoms with E-state index in [2.05, 4.69) is 40.5 Å². The lowest BCUT2D eigenvalue weighted by Gasteiger charge is -2.45. The molecule has 76 heavy (non-hydrogen) atoms. The van der Waals surface area contributed by atoms with Crippen molar-refractivity contribution in [2.24, 2.45) is 0 Å². The van der Waals surface area contributed by atoms with Gasteiger partial charge < -0.3 is 48.9 Å².